The lowest BCUT2D eigenvalue weighted by Crippen LogP contribution is -2.40. The van der Waals surface area contributed by atoms with Gasteiger partial charge in [0.25, 0.3) is 5.56 Å². The van der Waals surface area contributed by atoms with Crippen LogP contribution in [0.4, 0.5) is 0 Å². The Kier molecular flexibility index (Phi) is 6.92. The molecule has 0 amide bonds. The average molecular weight is 558 g/mol. The third-order valence-corrected chi connectivity index (χ3v) is 7.65. The van der Waals surface area contributed by atoms with Crippen LogP contribution in [0.25, 0.3) is 6.08 Å². The van der Waals surface area contributed by atoms with E-state index in [0.29, 0.717) is 31.9 Å². The zero-order valence-corrected chi connectivity index (χ0v) is 23.2. The number of methoxy groups -OCH3 is 1. The summed E-state index contributed by atoms with van der Waals surface area (Å²) in [5.74, 6) is 0.0592. The van der Waals surface area contributed by atoms with Gasteiger partial charge in [-0.3, -0.25) is 9.36 Å². The molecule has 7 nitrogen and oxygen atoms in total. The van der Waals surface area contributed by atoms with Crippen molar-refractivity contribution in [1.29, 1.82) is 0 Å². The van der Waals surface area contributed by atoms with Crippen molar-refractivity contribution in [2.75, 3.05) is 7.11 Å². The summed E-state index contributed by atoms with van der Waals surface area (Å²) in [6, 6.07) is 6.85. The lowest BCUT2D eigenvalue weighted by atomic mass is 9.95. The van der Waals surface area contributed by atoms with Crippen LogP contribution in [0.3, 0.4) is 0 Å². The molecule has 1 aromatic carbocycles. The molecule has 9 heteroatoms. The number of aromatic nitrogens is 2. The molecule has 0 bridgehead atoms. The molecule has 35 heavy (non-hydrogen) atoms. The number of aryl methyl sites for hydroxylation is 1. The van der Waals surface area contributed by atoms with Crippen LogP contribution < -0.4 is 19.6 Å². The van der Waals surface area contributed by atoms with E-state index in [1.165, 1.54) is 11.3 Å². The second-order valence-corrected chi connectivity index (χ2v) is 10.7. The van der Waals surface area contributed by atoms with E-state index in [1.807, 2.05) is 45.2 Å². The zero-order chi connectivity index (χ0) is 25.6. The Hall–Kier alpha value is -2.91. The highest BCUT2D eigenvalue weighted by Crippen LogP contribution is 2.37. The topological polar surface area (TPSA) is 74.8 Å². The van der Waals surface area contributed by atoms with Crippen LogP contribution in [0.5, 0.6) is 5.75 Å². The fraction of sp³-hybridized carbons (Fsp3) is 0.346. The SMILES string of the molecule is COc1ccc(Br)cc1[C@@H]1C(C(=O)OC(C)C)=C(C)N=c2s/c(=C\c3cc(C)n(C)c3C)c(=O)n21. The molecule has 0 N–H and O–H groups in total. The Morgan fingerprint density at radius 3 is 2.54 bits per heavy atom. The van der Waals surface area contributed by atoms with Crippen molar-refractivity contribution in [2.45, 2.75) is 46.8 Å². The Bertz CT molecular complexity index is 1540. The number of carbonyl (C=O) groups excluding carboxylic acids is 1. The van der Waals surface area contributed by atoms with E-state index >= 15 is 0 Å². The molecule has 0 fully saturated rings. The van der Waals surface area contributed by atoms with E-state index in [4.69, 9.17) is 9.47 Å². The third-order valence-electron chi connectivity index (χ3n) is 6.17. The Morgan fingerprint density at radius 2 is 1.94 bits per heavy atom. The van der Waals surface area contributed by atoms with Gasteiger partial charge < -0.3 is 14.0 Å². The van der Waals surface area contributed by atoms with Gasteiger partial charge in [0.15, 0.2) is 4.80 Å². The van der Waals surface area contributed by atoms with Crippen LogP contribution >= 0.6 is 27.3 Å². The average Bonchev–Trinajstić information content (AvgIpc) is 3.22. The van der Waals surface area contributed by atoms with Gasteiger partial charge in [0.2, 0.25) is 0 Å². The predicted octanol–water partition coefficient (Wildman–Crippen LogP) is 3.91. The first-order chi connectivity index (χ1) is 16.5. The van der Waals surface area contributed by atoms with Crippen LogP contribution in [0.15, 0.2) is 49.8 Å². The summed E-state index contributed by atoms with van der Waals surface area (Å²) in [4.78, 5) is 32.3. The van der Waals surface area contributed by atoms with Gasteiger partial charge in [0, 0.05) is 28.5 Å². The van der Waals surface area contributed by atoms with Crippen molar-refractivity contribution in [1.82, 2.24) is 9.13 Å². The fourth-order valence-corrected chi connectivity index (χ4v) is 5.66. The van der Waals surface area contributed by atoms with Crippen molar-refractivity contribution in [3.8, 4) is 5.75 Å². The number of esters is 1. The Labute approximate surface area is 216 Å². The number of allylic oxidation sites excluding steroid dienone is 1. The van der Waals surface area contributed by atoms with Crippen LogP contribution in [0.2, 0.25) is 0 Å². The minimum Gasteiger partial charge on any atom is -0.496 e. The summed E-state index contributed by atoms with van der Waals surface area (Å²) in [7, 11) is 3.57. The normalized spacial score (nSPS) is 15.9. The first kappa shape index (κ1) is 25.2. The zero-order valence-electron chi connectivity index (χ0n) is 20.8. The number of thiazole rings is 1. The van der Waals surface area contributed by atoms with Crippen LogP contribution in [0, 0.1) is 13.8 Å². The summed E-state index contributed by atoms with van der Waals surface area (Å²) < 4.78 is 16.2. The van der Waals surface area contributed by atoms with Crippen LogP contribution in [-0.4, -0.2) is 28.3 Å². The fourth-order valence-electron chi connectivity index (χ4n) is 4.25. The smallest absolute Gasteiger partial charge is 0.338 e. The molecule has 0 saturated heterocycles. The quantitative estimate of drug-likeness (QED) is 0.446. The second kappa shape index (κ2) is 9.62. The van der Waals surface area contributed by atoms with Crippen molar-refractivity contribution >= 4 is 39.3 Å². The van der Waals surface area contributed by atoms with Crippen molar-refractivity contribution in [3.05, 3.63) is 82.2 Å². The molecule has 0 unspecified atom stereocenters. The van der Waals surface area contributed by atoms with E-state index in [1.54, 1.807) is 32.4 Å². The lowest BCUT2D eigenvalue weighted by molar-refractivity contribution is -0.143. The van der Waals surface area contributed by atoms with Crippen LogP contribution in [0.1, 0.15) is 49.3 Å². The second-order valence-electron chi connectivity index (χ2n) is 8.81. The molecule has 2 aromatic heterocycles. The van der Waals surface area contributed by atoms with E-state index in [0.717, 1.165) is 21.4 Å². The largest absolute Gasteiger partial charge is 0.496 e. The van der Waals surface area contributed by atoms with Gasteiger partial charge in [-0.2, -0.15) is 0 Å². The number of fused-ring (bicyclic) bond motifs is 1. The number of ether oxygens (including phenoxy) is 2. The highest BCUT2D eigenvalue weighted by atomic mass is 79.9. The molecular formula is C26H28BrN3O4S. The summed E-state index contributed by atoms with van der Waals surface area (Å²) in [5.41, 5.74) is 4.43. The predicted molar refractivity (Wildman–Crippen MR) is 141 cm³/mol. The minimum atomic E-state index is -0.745. The first-order valence-electron chi connectivity index (χ1n) is 11.2. The molecule has 0 aliphatic carbocycles. The molecule has 3 heterocycles. The van der Waals surface area contributed by atoms with Crippen molar-refractivity contribution in [3.63, 3.8) is 0 Å². The number of hydrogen-bond donors (Lipinski definition) is 0. The maximum atomic E-state index is 13.8. The van der Waals surface area contributed by atoms with Gasteiger partial charge in [0.05, 0.1) is 29.0 Å². The van der Waals surface area contributed by atoms with Gasteiger partial charge in [-0.25, -0.2) is 9.79 Å². The maximum Gasteiger partial charge on any atom is 0.338 e. The van der Waals surface area contributed by atoms with Gasteiger partial charge in [-0.05, 0) is 70.5 Å². The first-order valence-corrected chi connectivity index (χ1v) is 12.8. The van der Waals surface area contributed by atoms with Gasteiger partial charge in [0.1, 0.15) is 11.8 Å². The highest BCUT2D eigenvalue weighted by molar-refractivity contribution is 9.10. The maximum absolute atomic E-state index is 13.8. The molecular weight excluding hydrogens is 530 g/mol. The number of rotatable bonds is 5. The summed E-state index contributed by atoms with van der Waals surface area (Å²) >= 11 is 4.83. The summed E-state index contributed by atoms with van der Waals surface area (Å²) in [6.07, 6.45) is 1.58. The molecule has 0 spiro atoms. The van der Waals surface area contributed by atoms with E-state index in [9.17, 15) is 9.59 Å². The van der Waals surface area contributed by atoms with Gasteiger partial charge >= 0.3 is 5.97 Å². The van der Waals surface area contributed by atoms with Gasteiger partial charge in [-0.15, -0.1) is 0 Å². The Balaban J connectivity index is 2.02. The van der Waals surface area contributed by atoms with Crippen molar-refractivity contribution in [2.24, 2.45) is 12.0 Å². The van der Waals surface area contributed by atoms with E-state index in [-0.39, 0.29) is 11.7 Å². The molecule has 1 aliphatic rings. The van der Waals surface area contributed by atoms with Crippen LogP contribution in [-0.2, 0) is 16.6 Å². The lowest BCUT2D eigenvalue weighted by Gasteiger charge is -2.26. The monoisotopic (exact) mass is 557 g/mol. The number of halogens is 1. The number of hydrogen-bond acceptors (Lipinski definition) is 6. The molecule has 1 aliphatic heterocycles. The number of carbonyl (C=O) groups is 1. The number of nitrogens with zero attached hydrogens (tertiary/aromatic N) is 3. The highest BCUT2D eigenvalue weighted by Gasteiger charge is 2.35. The van der Waals surface area contributed by atoms with E-state index in [2.05, 4.69) is 31.6 Å². The van der Waals surface area contributed by atoms with Crippen molar-refractivity contribution < 1.29 is 14.3 Å². The summed E-state index contributed by atoms with van der Waals surface area (Å²) in [5, 5.41) is 0. The third kappa shape index (κ3) is 4.54. The standard InChI is InChI=1S/C26H28BrN3O4S/c1-13(2)34-25(32)22-15(4)28-26-30(23(22)19-12-18(27)8-9-20(19)33-7)24(31)21(35-26)11-17-10-14(3)29(6)16(17)5/h8-13,23H,1-7H3/b21-11-/t23-/m1/s1. The molecule has 184 valence electrons. The molecule has 0 saturated carbocycles. The molecule has 3 aromatic rings. The minimum absolute atomic E-state index is 0.218. The van der Waals surface area contributed by atoms with E-state index < -0.39 is 12.0 Å². The molecule has 0 radical (unpaired) electrons. The Morgan fingerprint density at radius 1 is 1.23 bits per heavy atom. The summed E-state index contributed by atoms with van der Waals surface area (Å²) in [6.45, 7) is 9.41. The molecule has 4 rings (SSSR count). The van der Waals surface area contributed by atoms with Gasteiger partial charge in [-0.1, -0.05) is 27.3 Å². The molecule has 1 atom stereocenters. The number of benzene rings is 1.